The van der Waals surface area contributed by atoms with E-state index in [2.05, 4.69) is 9.97 Å². The van der Waals surface area contributed by atoms with Gasteiger partial charge in [-0.2, -0.15) is 0 Å². The van der Waals surface area contributed by atoms with Crippen LogP contribution in [0.3, 0.4) is 0 Å². The second-order valence-electron chi connectivity index (χ2n) is 3.89. The maximum atomic E-state index is 5.85. The molecule has 1 atom stereocenters. The summed E-state index contributed by atoms with van der Waals surface area (Å²) >= 11 is 5.85. The Labute approximate surface area is 99.7 Å². The van der Waals surface area contributed by atoms with Gasteiger partial charge in [-0.1, -0.05) is 23.7 Å². The number of aromatic amines is 1. The summed E-state index contributed by atoms with van der Waals surface area (Å²) < 4.78 is 0. The summed E-state index contributed by atoms with van der Waals surface area (Å²) in [5, 5.41) is 0.726. The van der Waals surface area contributed by atoms with E-state index in [-0.39, 0.29) is 6.04 Å². The molecule has 1 aromatic heterocycles. The molecule has 2 rings (SSSR count). The van der Waals surface area contributed by atoms with Crippen LogP contribution in [0.15, 0.2) is 24.3 Å². The third-order valence-electron chi connectivity index (χ3n) is 2.45. The monoisotopic (exact) mass is 235 g/mol. The van der Waals surface area contributed by atoms with Gasteiger partial charge in [0, 0.05) is 16.3 Å². The Hall–Kier alpha value is -1.32. The molecule has 0 aliphatic rings. The predicted molar refractivity (Wildman–Crippen MR) is 66.4 cm³/mol. The number of aryl methyl sites for hydroxylation is 1. The maximum Gasteiger partial charge on any atom is 0.123 e. The summed E-state index contributed by atoms with van der Waals surface area (Å²) in [6.07, 6.45) is 0. The van der Waals surface area contributed by atoms with Crippen LogP contribution in [0.25, 0.3) is 11.3 Å². The Bertz CT molecular complexity index is 485. The number of imidazole rings is 1. The SMILES string of the molecule is Cc1[nH]c([C@@H](C)N)nc1-c1ccc(Cl)cc1. The zero-order chi connectivity index (χ0) is 11.7. The average Bonchev–Trinajstić information content (AvgIpc) is 2.62. The molecule has 0 bridgehead atoms. The van der Waals surface area contributed by atoms with Crippen LogP contribution in [-0.2, 0) is 0 Å². The number of benzene rings is 1. The molecular formula is C12H14ClN3. The Morgan fingerprint density at radius 1 is 1.31 bits per heavy atom. The number of nitrogens with zero attached hydrogens (tertiary/aromatic N) is 1. The van der Waals surface area contributed by atoms with Crippen molar-refractivity contribution in [3.8, 4) is 11.3 Å². The molecule has 0 fully saturated rings. The summed E-state index contributed by atoms with van der Waals surface area (Å²) in [6, 6.07) is 7.54. The lowest BCUT2D eigenvalue weighted by Crippen LogP contribution is -2.06. The lowest BCUT2D eigenvalue weighted by molar-refractivity contribution is 0.754. The van der Waals surface area contributed by atoms with Crippen molar-refractivity contribution in [3.05, 3.63) is 40.8 Å². The van der Waals surface area contributed by atoms with Crippen molar-refractivity contribution in [3.63, 3.8) is 0 Å². The fourth-order valence-corrected chi connectivity index (χ4v) is 1.71. The van der Waals surface area contributed by atoms with E-state index in [0.717, 1.165) is 27.8 Å². The number of H-pyrrole nitrogens is 1. The predicted octanol–water partition coefficient (Wildman–Crippen LogP) is 3.06. The van der Waals surface area contributed by atoms with Crippen molar-refractivity contribution in [2.75, 3.05) is 0 Å². The van der Waals surface area contributed by atoms with Crippen LogP contribution in [0.2, 0.25) is 5.02 Å². The van der Waals surface area contributed by atoms with Crippen LogP contribution in [0.4, 0.5) is 0 Å². The van der Waals surface area contributed by atoms with E-state index in [0.29, 0.717) is 0 Å². The summed E-state index contributed by atoms with van der Waals surface area (Å²) in [5.41, 5.74) is 8.79. The summed E-state index contributed by atoms with van der Waals surface area (Å²) in [4.78, 5) is 7.67. The molecule has 1 aromatic carbocycles. The third kappa shape index (κ3) is 2.10. The Morgan fingerprint density at radius 3 is 2.44 bits per heavy atom. The van der Waals surface area contributed by atoms with Crippen LogP contribution < -0.4 is 5.73 Å². The second kappa shape index (κ2) is 4.28. The number of hydrogen-bond donors (Lipinski definition) is 2. The van der Waals surface area contributed by atoms with Gasteiger partial charge in [-0.25, -0.2) is 4.98 Å². The van der Waals surface area contributed by atoms with Crippen LogP contribution in [-0.4, -0.2) is 9.97 Å². The van der Waals surface area contributed by atoms with Gasteiger partial charge in [0.1, 0.15) is 5.82 Å². The van der Waals surface area contributed by atoms with E-state index in [1.165, 1.54) is 0 Å². The largest absolute Gasteiger partial charge is 0.344 e. The van der Waals surface area contributed by atoms with Crippen molar-refractivity contribution in [1.29, 1.82) is 0 Å². The van der Waals surface area contributed by atoms with Crippen molar-refractivity contribution >= 4 is 11.6 Å². The third-order valence-corrected chi connectivity index (χ3v) is 2.70. The first-order valence-electron chi connectivity index (χ1n) is 5.16. The highest BCUT2D eigenvalue weighted by molar-refractivity contribution is 6.30. The van der Waals surface area contributed by atoms with Crippen LogP contribution in [0.5, 0.6) is 0 Å². The highest BCUT2D eigenvalue weighted by Gasteiger charge is 2.10. The van der Waals surface area contributed by atoms with Gasteiger partial charge in [0.15, 0.2) is 0 Å². The zero-order valence-corrected chi connectivity index (χ0v) is 10.0. The van der Waals surface area contributed by atoms with Crippen molar-refractivity contribution in [2.24, 2.45) is 5.73 Å². The van der Waals surface area contributed by atoms with Gasteiger partial charge in [0.2, 0.25) is 0 Å². The lowest BCUT2D eigenvalue weighted by atomic mass is 10.1. The molecule has 0 amide bonds. The minimum Gasteiger partial charge on any atom is -0.344 e. The van der Waals surface area contributed by atoms with E-state index < -0.39 is 0 Å². The molecule has 2 aromatic rings. The van der Waals surface area contributed by atoms with E-state index in [1.807, 2.05) is 38.1 Å². The molecule has 4 heteroatoms. The fraction of sp³-hybridized carbons (Fsp3) is 0.250. The van der Waals surface area contributed by atoms with E-state index >= 15 is 0 Å². The van der Waals surface area contributed by atoms with Gasteiger partial charge in [-0.05, 0) is 26.0 Å². The molecule has 0 radical (unpaired) electrons. The molecule has 3 N–H and O–H groups in total. The van der Waals surface area contributed by atoms with E-state index in [4.69, 9.17) is 17.3 Å². The number of nitrogens with one attached hydrogen (secondary N) is 1. The highest BCUT2D eigenvalue weighted by atomic mass is 35.5. The Kier molecular flexibility index (Phi) is 2.99. The summed E-state index contributed by atoms with van der Waals surface area (Å²) in [6.45, 7) is 3.90. The summed E-state index contributed by atoms with van der Waals surface area (Å²) in [7, 11) is 0. The topological polar surface area (TPSA) is 54.7 Å². The first-order chi connectivity index (χ1) is 7.58. The van der Waals surface area contributed by atoms with Gasteiger partial charge in [-0.3, -0.25) is 0 Å². The zero-order valence-electron chi connectivity index (χ0n) is 9.29. The maximum absolute atomic E-state index is 5.85. The molecule has 0 saturated carbocycles. The smallest absolute Gasteiger partial charge is 0.123 e. The van der Waals surface area contributed by atoms with Gasteiger partial charge in [0.25, 0.3) is 0 Å². The normalized spacial score (nSPS) is 12.8. The van der Waals surface area contributed by atoms with Crippen molar-refractivity contribution in [2.45, 2.75) is 19.9 Å². The van der Waals surface area contributed by atoms with Gasteiger partial charge >= 0.3 is 0 Å². The molecule has 84 valence electrons. The standard InChI is InChI=1S/C12H14ClN3/c1-7(14)12-15-8(2)11(16-12)9-3-5-10(13)6-4-9/h3-7H,14H2,1-2H3,(H,15,16)/t7-/m1/s1. The van der Waals surface area contributed by atoms with Crippen LogP contribution in [0, 0.1) is 6.92 Å². The molecular weight excluding hydrogens is 222 g/mol. The van der Waals surface area contributed by atoms with Crippen LogP contribution in [0.1, 0.15) is 24.5 Å². The molecule has 3 nitrogen and oxygen atoms in total. The quantitative estimate of drug-likeness (QED) is 0.841. The molecule has 16 heavy (non-hydrogen) atoms. The number of aromatic nitrogens is 2. The lowest BCUT2D eigenvalue weighted by Gasteiger charge is -1.99. The first kappa shape index (κ1) is 11.2. The Balaban J connectivity index is 2.44. The van der Waals surface area contributed by atoms with Gasteiger partial charge in [-0.15, -0.1) is 0 Å². The molecule has 0 saturated heterocycles. The molecule has 0 aliphatic carbocycles. The minimum absolute atomic E-state index is 0.0836. The number of rotatable bonds is 2. The number of hydrogen-bond acceptors (Lipinski definition) is 2. The van der Waals surface area contributed by atoms with Crippen molar-refractivity contribution in [1.82, 2.24) is 9.97 Å². The second-order valence-corrected chi connectivity index (χ2v) is 4.33. The molecule has 0 aliphatic heterocycles. The van der Waals surface area contributed by atoms with Gasteiger partial charge in [0.05, 0.1) is 11.7 Å². The first-order valence-corrected chi connectivity index (χ1v) is 5.53. The van der Waals surface area contributed by atoms with Crippen LogP contribution >= 0.6 is 11.6 Å². The molecule has 0 spiro atoms. The van der Waals surface area contributed by atoms with Crippen molar-refractivity contribution < 1.29 is 0 Å². The average molecular weight is 236 g/mol. The van der Waals surface area contributed by atoms with E-state index in [9.17, 15) is 0 Å². The minimum atomic E-state index is -0.0836. The number of halogens is 1. The fourth-order valence-electron chi connectivity index (χ4n) is 1.59. The Morgan fingerprint density at radius 2 is 1.94 bits per heavy atom. The molecule has 1 heterocycles. The number of nitrogens with two attached hydrogens (primary N) is 1. The van der Waals surface area contributed by atoms with E-state index in [1.54, 1.807) is 0 Å². The van der Waals surface area contributed by atoms with Gasteiger partial charge < -0.3 is 10.7 Å². The molecule has 0 unspecified atom stereocenters. The summed E-state index contributed by atoms with van der Waals surface area (Å²) in [5.74, 6) is 0.808. The highest BCUT2D eigenvalue weighted by Crippen LogP contribution is 2.24.